The van der Waals surface area contributed by atoms with E-state index in [-0.39, 0.29) is 6.04 Å². The van der Waals surface area contributed by atoms with Crippen molar-refractivity contribution in [3.05, 3.63) is 42.0 Å². The average Bonchev–Trinajstić information content (AvgIpc) is 3.07. The van der Waals surface area contributed by atoms with Gasteiger partial charge in [-0.1, -0.05) is 24.3 Å². The fraction of sp³-hybridized carbons (Fsp3) is 0.500. The number of benzene rings is 1. The van der Waals surface area contributed by atoms with Crippen LogP contribution in [0.2, 0.25) is 0 Å². The number of likely N-dealkylation sites (N-methyl/N-ethyl adjacent to an activating group) is 1. The highest BCUT2D eigenvalue weighted by molar-refractivity contribution is 5.80. The van der Waals surface area contributed by atoms with Crippen LogP contribution < -0.4 is 15.4 Å². The van der Waals surface area contributed by atoms with Gasteiger partial charge in [0, 0.05) is 19.6 Å². The zero-order valence-electron chi connectivity index (χ0n) is 14.5. The molecule has 1 aliphatic rings. The summed E-state index contributed by atoms with van der Waals surface area (Å²) in [5.41, 5.74) is 1.25. The number of methoxy groups -OCH3 is 1. The lowest BCUT2D eigenvalue weighted by atomic mass is 10.1. The summed E-state index contributed by atoms with van der Waals surface area (Å²) in [6, 6.07) is 8.96. The van der Waals surface area contributed by atoms with Crippen molar-refractivity contribution in [2.24, 2.45) is 4.99 Å². The van der Waals surface area contributed by atoms with E-state index in [9.17, 15) is 0 Å². The second-order valence-corrected chi connectivity index (χ2v) is 5.99. The third-order valence-corrected chi connectivity index (χ3v) is 4.16. The number of hydrogen-bond acceptors (Lipinski definition) is 3. The maximum absolute atomic E-state index is 5.24. The molecule has 1 unspecified atom stereocenters. The summed E-state index contributed by atoms with van der Waals surface area (Å²) in [7, 11) is 7.69. The molecule has 5 heteroatoms. The molecule has 2 rings (SSSR count). The van der Waals surface area contributed by atoms with Crippen LogP contribution in [0.3, 0.4) is 0 Å². The summed E-state index contributed by atoms with van der Waals surface area (Å²) in [5, 5.41) is 6.91. The molecule has 2 N–H and O–H groups in total. The van der Waals surface area contributed by atoms with Crippen molar-refractivity contribution < 1.29 is 4.74 Å². The highest BCUT2D eigenvalue weighted by atomic mass is 16.5. The van der Waals surface area contributed by atoms with Gasteiger partial charge in [0.15, 0.2) is 5.96 Å². The Labute approximate surface area is 139 Å². The Kier molecular flexibility index (Phi) is 6.47. The Hall–Kier alpha value is -2.01. The van der Waals surface area contributed by atoms with E-state index in [1.165, 1.54) is 5.56 Å². The lowest BCUT2D eigenvalue weighted by Crippen LogP contribution is -2.45. The van der Waals surface area contributed by atoms with Crippen molar-refractivity contribution in [3.63, 3.8) is 0 Å². The standard InChI is InChI=1S/C18H28N4O/c1-19-18(21-15-7-5-6-8-15)20-13-17(22(2)3)14-9-11-16(23-4)12-10-14/h5-6,9-12,15,17H,7-8,13H2,1-4H3,(H2,19,20,21). The number of guanidine groups is 1. The van der Waals surface area contributed by atoms with Crippen LogP contribution in [0.5, 0.6) is 5.75 Å². The van der Waals surface area contributed by atoms with Gasteiger partial charge in [0.25, 0.3) is 0 Å². The van der Waals surface area contributed by atoms with Crippen LogP contribution in [0.1, 0.15) is 24.4 Å². The fourth-order valence-electron chi connectivity index (χ4n) is 2.74. The molecular weight excluding hydrogens is 288 g/mol. The lowest BCUT2D eigenvalue weighted by molar-refractivity contribution is 0.297. The van der Waals surface area contributed by atoms with Gasteiger partial charge in [-0.3, -0.25) is 4.99 Å². The molecule has 1 aliphatic carbocycles. The number of ether oxygens (including phenoxy) is 1. The van der Waals surface area contributed by atoms with Crippen LogP contribution in [0, 0.1) is 0 Å². The first-order valence-electron chi connectivity index (χ1n) is 8.06. The van der Waals surface area contributed by atoms with Crippen molar-refractivity contribution in [2.75, 3.05) is 34.8 Å². The molecule has 23 heavy (non-hydrogen) atoms. The fourth-order valence-corrected chi connectivity index (χ4v) is 2.74. The number of rotatable bonds is 6. The van der Waals surface area contributed by atoms with Crippen molar-refractivity contribution in [2.45, 2.75) is 24.9 Å². The molecule has 5 nitrogen and oxygen atoms in total. The van der Waals surface area contributed by atoms with Crippen molar-refractivity contribution in [1.82, 2.24) is 15.5 Å². The van der Waals surface area contributed by atoms with Crippen LogP contribution in [-0.2, 0) is 0 Å². The molecule has 0 saturated heterocycles. The SMILES string of the molecule is CN=C(NCC(c1ccc(OC)cc1)N(C)C)NC1CC=CC1. The van der Waals surface area contributed by atoms with Crippen molar-refractivity contribution >= 4 is 5.96 Å². The van der Waals surface area contributed by atoms with E-state index in [4.69, 9.17) is 4.74 Å². The quantitative estimate of drug-likeness (QED) is 0.480. The Balaban J connectivity index is 1.95. The second kappa shape index (κ2) is 8.58. The average molecular weight is 316 g/mol. The van der Waals surface area contributed by atoms with Gasteiger partial charge in [-0.05, 0) is 44.6 Å². The van der Waals surface area contributed by atoms with E-state index in [0.717, 1.165) is 31.1 Å². The predicted molar refractivity (Wildman–Crippen MR) is 96.1 cm³/mol. The molecule has 0 bridgehead atoms. The van der Waals surface area contributed by atoms with Crippen molar-refractivity contribution in [3.8, 4) is 5.75 Å². The van der Waals surface area contributed by atoms with Gasteiger partial charge in [0.1, 0.15) is 5.75 Å². The summed E-state index contributed by atoms with van der Waals surface area (Å²) in [6.07, 6.45) is 6.56. The van der Waals surface area contributed by atoms with E-state index in [2.05, 4.69) is 58.9 Å². The largest absolute Gasteiger partial charge is 0.497 e. The number of aliphatic imine (C=N–C) groups is 1. The van der Waals surface area contributed by atoms with Gasteiger partial charge >= 0.3 is 0 Å². The molecule has 0 amide bonds. The zero-order chi connectivity index (χ0) is 16.7. The van der Waals surface area contributed by atoms with E-state index in [1.807, 2.05) is 19.2 Å². The summed E-state index contributed by atoms with van der Waals surface area (Å²) in [6.45, 7) is 0.791. The van der Waals surface area contributed by atoms with Gasteiger partial charge in [0.2, 0.25) is 0 Å². The van der Waals surface area contributed by atoms with E-state index >= 15 is 0 Å². The Morgan fingerprint density at radius 3 is 2.43 bits per heavy atom. The van der Waals surface area contributed by atoms with Gasteiger partial charge in [-0.2, -0.15) is 0 Å². The van der Waals surface area contributed by atoms with Gasteiger partial charge < -0.3 is 20.3 Å². The highest BCUT2D eigenvalue weighted by Gasteiger charge is 2.16. The van der Waals surface area contributed by atoms with Gasteiger partial charge in [-0.25, -0.2) is 0 Å². The molecule has 0 heterocycles. The van der Waals surface area contributed by atoms with Crippen LogP contribution in [0.25, 0.3) is 0 Å². The van der Waals surface area contributed by atoms with Crippen LogP contribution >= 0.6 is 0 Å². The molecular formula is C18H28N4O. The van der Waals surface area contributed by atoms with E-state index in [1.54, 1.807) is 7.11 Å². The Morgan fingerprint density at radius 1 is 1.26 bits per heavy atom. The van der Waals surface area contributed by atoms with E-state index in [0.29, 0.717) is 6.04 Å². The molecule has 0 aromatic heterocycles. The summed E-state index contributed by atoms with van der Waals surface area (Å²) in [5.74, 6) is 1.74. The molecule has 0 radical (unpaired) electrons. The maximum atomic E-state index is 5.24. The van der Waals surface area contributed by atoms with Gasteiger partial charge in [0.05, 0.1) is 13.2 Å². The molecule has 0 spiro atoms. The van der Waals surface area contributed by atoms with E-state index < -0.39 is 0 Å². The lowest BCUT2D eigenvalue weighted by Gasteiger charge is -2.27. The van der Waals surface area contributed by atoms with Gasteiger partial charge in [-0.15, -0.1) is 0 Å². The first kappa shape index (κ1) is 17.3. The molecule has 0 fully saturated rings. The molecule has 0 aliphatic heterocycles. The van der Waals surface area contributed by atoms with Crippen LogP contribution in [0.15, 0.2) is 41.4 Å². The molecule has 1 aromatic carbocycles. The highest BCUT2D eigenvalue weighted by Crippen LogP contribution is 2.20. The predicted octanol–water partition coefficient (Wildman–Crippen LogP) is 2.18. The first-order chi connectivity index (χ1) is 11.1. The Bertz CT molecular complexity index is 528. The minimum absolute atomic E-state index is 0.265. The summed E-state index contributed by atoms with van der Waals surface area (Å²) < 4.78 is 5.24. The number of hydrogen-bond donors (Lipinski definition) is 2. The number of nitrogens with one attached hydrogen (secondary N) is 2. The monoisotopic (exact) mass is 316 g/mol. The first-order valence-corrected chi connectivity index (χ1v) is 8.06. The molecule has 1 atom stereocenters. The Morgan fingerprint density at radius 2 is 1.91 bits per heavy atom. The zero-order valence-corrected chi connectivity index (χ0v) is 14.5. The molecule has 1 aromatic rings. The second-order valence-electron chi connectivity index (χ2n) is 5.99. The maximum Gasteiger partial charge on any atom is 0.191 e. The molecule has 0 saturated carbocycles. The van der Waals surface area contributed by atoms with Crippen LogP contribution in [0.4, 0.5) is 0 Å². The summed E-state index contributed by atoms with van der Waals surface area (Å²) in [4.78, 5) is 6.54. The topological polar surface area (TPSA) is 48.9 Å². The minimum Gasteiger partial charge on any atom is -0.497 e. The summed E-state index contributed by atoms with van der Waals surface area (Å²) >= 11 is 0. The van der Waals surface area contributed by atoms with Crippen LogP contribution in [-0.4, -0.2) is 51.7 Å². The smallest absolute Gasteiger partial charge is 0.191 e. The minimum atomic E-state index is 0.265. The third kappa shape index (κ3) is 4.99. The third-order valence-electron chi connectivity index (χ3n) is 4.16. The molecule has 126 valence electrons. The number of nitrogens with zero attached hydrogens (tertiary/aromatic N) is 2. The van der Waals surface area contributed by atoms with Crippen molar-refractivity contribution in [1.29, 1.82) is 0 Å². The normalized spacial score (nSPS) is 16.7.